The fourth-order valence-corrected chi connectivity index (χ4v) is 4.61. The van der Waals surface area contributed by atoms with Crippen LogP contribution in [0.4, 0.5) is 0 Å². The van der Waals surface area contributed by atoms with Gasteiger partial charge in [0.2, 0.25) is 0 Å². The van der Waals surface area contributed by atoms with Crippen molar-refractivity contribution >= 4 is 30.7 Å². The van der Waals surface area contributed by atoms with E-state index in [1.807, 2.05) is 42.7 Å². The minimum absolute atomic E-state index is 0. The van der Waals surface area contributed by atoms with Crippen molar-refractivity contribution in [3.05, 3.63) is 101 Å². The molecule has 1 N–H and O–H groups in total. The molecule has 4 nitrogen and oxygen atoms in total. The van der Waals surface area contributed by atoms with Crippen LogP contribution in [0.1, 0.15) is 45.5 Å². The second-order valence-electron chi connectivity index (χ2n) is 8.68. The van der Waals surface area contributed by atoms with Crippen LogP contribution in [0.25, 0.3) is 0 Å². The van der Waals surface area contributed by atoms with Gasteiger partial charge in [0.05, 0.1) is 0 Å². The van der Waals surface area contributed by atoms with Crippen molar-refractivity contribution in [1.82, 2.24) is 15.2 Å². The van der Waals surface area contributed by atoms with Gasteiger partial charge in [0.15, 0.2) is 0 Å². The molecule has 1 amide bonds. The maximum atomic E-state index is 13.5. The molecule has 2 atom stereocenters. The third-order valence-corrected chi connectivity index (χ3v) is 6.10. The lowest BCUT2D eigenvalue weighted by molar-refractivity contribution is 0.0576. The smallest absolute Gasteiger partial charge is 0.254 e. The summed E-state index contributed by atoms with van der Waals surface area (Å²) in [6.07, 6.45) is 6.47. The van der Waals surface area contributed by atoms with Gasteiger partial charge in [-0.2, -0.15) is 0 Å². The zero-order chi connectivity index (χ0) is 21.6. The van der Waals surface area contributed by atoms with Crippen molar-refractivity contribution in [3.8, 4) is 0 Å². The van der Waals surface area contributed by atoms with Crippen molar-refractivity contribution in [1.29, 1.82) is 0 Å². The van der Waals surface area contributed by atoms with Crippen LogP contribution in [0.15, 0.2) is 73.1 Å². The van der Waals surface area contributed by atoms with Gasteiger partial charge in [-0.1, -0.05) is 47.5 Å². The van der Waals surface area contributed by atoms with Crippen molar-refractivity contribution in [3.63, 3.8) is 0 Å². The third kappa shape index (κ3) is 7.29. The summed E-state index contributed by atoms with van der Waals surface area (Å²) >= 11 is 0. The highest BCUT2D eigenvalue weighted by Gasteiger charge is 2.32. The SMILES string of the molecule is Cc1cc(C)cc(C(=O)N2CC[C@@H](NCc3ccncc3)C[C@H]2Cc2ccccc2)c1.Cl.Cl. The van der Waals surface area contributed by atoms with E-state index < -0.39 is 0 Å². The number of aromatic nitrogens is 1. The predicted molar refractivity (Wildman–Crippen MR) is 139 cm³/mol. The number of carbonyl (C=O) groups is 1. The first-order valence-corrected chi connectivity index (χ1v) is 11.1. The molecule has 176 valence electrons. The first-order chi connectivity index (χ1) is 15.1. The predicted octanol–water partition coefficient (Wildman–Crippen LogP) is 5.55. The molecule has 0 spiro atoms. The van der Waals surface area contributed by atoms with Gasteiger partial charge in [0, 0.05) is 43.1 Å². The lowest BCUT2D eigenvalue weighted by Crippen LogP contribution is -2.51. The molecule has 1 aliphatic rings. The van der Waals surface area contributed by atoms with E-state index in [1.165, 1.54) is 11.1 Å². The topological polar surface area (TPSA) is 45.2 Å². The Balaban J connectivity index is 0.00000193. The summed E-state index contributed by atoms with van der Waals surface area (Å²) in [6, 6.07) is 21.3. The molecule has 0 bridgehead atoms. The van der Waals surface area contributed by atoms with Gasteiger partial charge in [0.25, 0.3) is 5.91 Å². The number of pyridine rings is 1. The molecule has 1 fully saturated rings. The van der Waals surface area contributed by atoms with Gasteiger partial charge in [-0.25, -0.2) is 0 Å². The van der Waals surface area contributed by atoms with Crippen LogP contribution < -0.4 is 5.32 Å². The maximum Gasteiger partial charge on any atom is 0.254 e. The highest BCUT2D eigenvalue weighted by atomic mass is 35.5. The van der Waals surface area contributed by atoms with Gasteiger partial charge in [-0.3, -0.25) is 9.78 Å². The fraction of sp³-hybridized carbons (Fsp3) is 0.333. The number of amides is 1. The van der Waals surface area contributed by atoms with Crippen molar-refractivity contribution < 1.29 is 4.79 Å². The average molecular weight is 486 g/mol. The van der Waals surface area contributed by atoms with Crippen LogP contribution in [0, 0.1) is 13.8 Å². The van der Waals surface area contributed by atoms with Gasteiger partial charge in [0.1, 0.15) is 0 Å². The average Bonchev–Trinajstić information content (AvgIpc) is 2.78. The molecule has 2 heterocycles. The zero-order valence-electron chi connectivity index (χ0n) is 19.2. The van der Waals surface area contributed by atoms with E-state index in [4.69, 9.17) is 0 Å². The Hall–Kier alpha value is -2.40. The van der Waals surface area contributed by atoms with E-state index in [1.54, 1.807) is 0 Å². The van der Waals surface area contributed by atoms with Gasteiger partial charge >= 0.3 is 0 Å². The van der Waals surface area contributed by atoms with Crippen molar-refractivity contribution in [2.24, 2.45) is 0 Å². The molecular weight excluding hydrogens is 453 g/mol. The van der Waals surface area contributed by atoms with E-state index in [0.717, 1.165) is 49.0 Å². The molecule has 1 aliphatic heterocycles. The van der Waals surface area contributed by atoms with Crippen LogP contribution in [0.5, 0.6) is 0 Å². The molecule has 4 rings (SSSR count). The summed E-state index contributed by atoms with van der Waals surface area (Å²) in [5, 5.41) is 3.71. The fourth-order valence-electron chi connectivity index (χ4n) is 4.61. The number of aryl methyl sites for hydroxylation is 2. The normalized spacial score (nSPS) is 17.6. The Bertz CT molecular complexity index is 994. The third-order valence-electron chi connectivity index (χ3n) is 6.10. The van der Waals surface area contributed by atoms with E-state index >= 15 is 0 Å². The zero-order valence-corrected chi connectivity index (χ0v) is 20.9. The summed E-state index contributed by atoms with van der Waals surface area (Å²) in [4.78, 5) is 19.7. The summed E-state index contributed by atoms with van der Waals surface area (Å²) in [5.41, 5.74) is 5.59. The molecular formula is C27H33Cl2N3O. The molecule has 0 aliphatic carbocycles. The van der Waals surface area contributed by atoms with Crippen LogP contribution in [-0.4, -0.2) is 34.4 Å². The lowest BCUT2D eigenvalue weighted by atomic mass is 9.91. The van der Waals surface area contributed by atoms with Gasteiger partial charge < -0.3 is 10.2 Å². The number of likely N-dealkylation sites (tertiary alicyclic amines) is 1. The van der Waals surface area contributed by atoms with E-state index in [0.29, 0.717) is 6.04 Å². The molecule has 0 unspecified atom stereocenters. The summed E-state index contributed by atoms with van der Waals surface area (Å²) in [7, 11) is 0. The molecule has 33 heavy (non-hydrogen) atoms. The Labute approximate surface area is 209 Å². The summed E-state index contributed by atoms with van der Waals surface area (Å²) in [6.45, 7) is 5.72. The van der Waals surface area contributed by atoms with Crippen LogP contribution >= 0.6 is 24.8 Å². The quantitative estimate of drug-likeness (QED) is 0.497. The minimum Gasteiger partial charge on any atom is -0.335 e. The first-order valence-electron chi connectivity index (χ1n) is 11.1. The standard InChI is InChI=1S/C27H31N3O.2ClH/c1-20-14-21(2)16-24(15-20)27(31)30-13-10-25(29-19-23-8-11-28-12-9-23)18-26(30)17-22-6-4-3-5-7-22;;/h3-9,11-12,14-16,25-26,29H,10,13,17-19H2,1-2H3;2*1H/t25-,26-;;/m1../s1. The molecule has 1 aromatic heterocycles. The number of hydrogen-bond acceptors (Lipinski definition) is 3. The van der Waals surface area contributed by atoms with Crippen LogP contribution in [-0.2, 0) is 13.0 Å². The number of benzene rings is 2. The molecule has 3 aromatic rings. The van der Waals surface area contributed by atoms with Gasteiger partial charge in [-0.05, 0) is 68.5 Å². The summed E-state index contributed by atoms with van der Waals surface area (Å²) in [5.74, 6) is 0.153. The summed E-state index contributed by atoms with van der Waals surface area (Å²) < 4.78 is 0. The maximum absolute atomic E-state index is 13.5. The number of carbonyl (C=O) groups excluding carboxylic acids is 1. The number of halogens is 2. The number of rotatable bonds is 6. The number of piperidine rings is 1. The largest absolute Gasteiger partial charge is 0.335 e. The molecule has 0 saturated carbocycles. The van der Waals surface area contributed by atoms with E-state index in [2.05, 4.69) is 59.4 Å². The van der Waals surface area contributed by atoms with Crippen LogP contribution in [0.3, 0.4) is 0 Å². The van der Waals surface area contributed by atoms with E-state index in [-0.39, 0.29) is 36.8 Å². The first kappa shape index (κ1) is 26.8. The Morgan fingerprint density at radius 1 is 0.970 bits per heavy atom. The highest BCUT2D eigenvalue weighted by molar-refractivity contribution is 5.95. The monoisotopic (exact) mass is 485 g/mol. The number of nitrogens with one attached hydrogen (secondary N) is 1. The Morgan fingerprint density at radius 2 is 1.64 bits per heavy atom. The Morgan fingerprint density at radius 3 is 2.30 bits per heavy atom. The number of hydrogen-bond donors (Lipinski definition) is 1. The van der Waals surface area contributed by atoms with Crippen LogP contribution in [0.2, 0.25) is 0 Å². The minimum atomic E-state index is 0. The highest BCUT2D eigenvalue weighted by Crippen LogP contribution is 2.24. The van der Waals surface area contributed by atoms with Crippen molar-refractivity contribution in [2.45, 2.75) is 51.7 Å². The second kappa shape index (κ2) is 12.7. The molecule has 1 saturated heterocycles. The Kier molecular flexibility index (Phi) is 10.4. The van der Waals surface area contributed by atoms with Crippen molar-refractivity contribution in [2.75, 3.05) is 6.54 Å². The lowest BCUT2D eigenvalue weighted by Gasteiger charge is -2.40. The van der Waals surface area contributed by atoms with Gasteiger partial charge in [-0.15, -0.1) is 24.8 Å². The molecule has 2 aromatic carbocycles. The molecule has 0 radical (unpaired) electrons. The van der Waals surface area contributed by atoms with E-state index in [9.17, 15) is 4.79 Å². The second-order valence-corrected chi connectivity index (χ2v) is 8.68. The number of nitrogens with zero attached hydrogens (tertiary/aromatic N) is 2. The molecule has 6 heteroatoms.